The molecule has 0 aromatic rings. The third-order valence-corrected chi connectivity index (χ3v) is 2.85. The van der Waals surface area contributed by atoms with E-state index in [0.29, 0.717) is 11.8 Å². The van der Waals surface area contributed by atoms with Crippen molar-refractivity contribution in [2.45, 2.75) is 45.4 Å². The van der Waals surface area contributed by atoms with Gasteiger partial charge in [-0.1, -0.05) is 32.6 Å². The molecule has 0 spiro atoms. The summed E-state index contributed by atoms with van der Waals surface area (Å²) in [7, 11) is 0. The molecule has 1 rings (SSSR count). The van der Waals surface area contributed by atoms with Crippen molar-refractivity contribution >= 4 is 0 Å². The van der Waals surface area contributed by atoms with Crippen LogP contribution in [-0.2, 0) is 0 Å². The van der Waals surface area contributed by atoms with E-state index in [1.165, 1.54) is 32.1 Å². The van der Waals surface area contributed by atoms with Gasteiger partial charge in [0.2, 0.25) is 0 Å². The summed E-state index contributed by atoms with van der Waals surface area (Å²) in [4.78, 5) is 0. The van der Waals surface area contributed by atoms with Gasteiger partial charge in [-0.15, -0.1) is 0 Å². The molecule has 11 heavy (non-hydrogen) atoms. The van der Waals surface area contributed by atoms with Gasteiger partial charge in [0.1, 0.15) is 0 Å². The molecule has 1 aliphatic rings. The molecule has 2 unspecified atom stereocenters. The molecule has 0 aromatic heterocycles. The van der Waals surface area contributed by atoms with E-state index in [1.807, 2.05) is 0 Å². The Hall–Kier alpha value is -0.510. The van der Waals surface area contributed by atoms with Crippen molar-refractivity contribution in [3.63, 3.8) is 0 Å². The van der Waals surface area contributed by atoms with Crippen molar-refractivity contribution in [1.29, 1.82) is 5.26 Å². The lowest BCUT2D eigenvalue weighted by atomic mass is 9.87. The SMILES string of the molecule is CCC1CCCCCC1C#N. The van der Waals surface area contributed by atoms with Crippen LogP contribution in [0, 0.1) is 23.2 Å². The van der Waals surface area contributed by atoms with Crippen LogP contribution in [0.1, 0.15) is 45.4 Å². The van der Waals surface area contributed by atoms with Gasteiger partial charge in [-0.25, -0.2) is 0 Å². The third-order valence-electron chi connectivity index (χ3n) is 2.85. The maximum absolute atomic E-state index is 8.87. The average molecular weight is 151 g/mol. The minimum Gasteiger partial charge on any atom is -0.198 e. The highest BCUT2D eigenvalue weighted by Crippen LogP contribution is 2.30. The minimum atomic E-state index is 0.363. The summed E-state index contributed by atoms with van der Waals surface area (Å²) in [5.41, 5.74) is 0. The standard InChI is InChI=1S/C10H17N/c1-2-9-6-4-3-5-7-10(9)8-11/h9-10H,2-7H2,1H3. The van der Waals surface area contributed by atoms with Gasteiger partial charge in [0.25, 0.3) is 0 Å². The third kappa shape index (κ3) is 2.22. The maximum Gasteiger partial charge on any atom is 0.0658 e. The van der Waals surface area contributed by atoms with Gasteiger partial charge in [0.15, 0.2) is 0 Å². The smallest absolute Gasteiger partial charge is 0.0658 e. The van der Waals surface area contributed by atoms with Gasteiger partial charge in [-0.2, -0.15) is 5.26 Å². The molecule has 62 valence electrons. The molecule has 2 atom stereocenters. The first-order valence-electron chi connectivity index (χ1n) is 4.78. The zero-order valence-corrected chi connectivity index (χ0v) is 7.34. The van der Waals surface area contributed by atoms with E-state index >= 15 is 0 Å². The molecule has 0 aliphatic heterocycles. The molecule has 1 saturated carbocycles. The lowest BCUT2D eigenvalue weighted by molar-refractivity contribution is 0.369. The fourth-order valence-electron chi connectivity index (χ4n) is 2.04. The Morgan fingerprint density at radius 2 is 2.00 bits per heavy atom. The highest BCUT2D eigenvalue weighted by Gasteiger charge is 2.21. The lowest BCUT2D eigenvalue weighted by Crippen LogP contribution is -2.09. The fourth-order valence-corrected chi connectivity index (χ4v) is 2.04. The van der Waals surface area contributed by atoms with Gasteiger partial charge in [0, 0.05) is 5.92 Å². The molecule has 0 saturated heterocycles. The van der Waals surface area contributed by atoms with E-state index in [2.05, 4.69) is 13.0 Å². The predicted octanol–water partition coefficient (Wildman–Crippen LogP) is 3.12. The Kier molecular flexibility index (Phi) is 3.42. The van der Waals surface area contributed by atoms with E-state index in [-0.39, 0.29) is 0 Å². The van der Waals surface area contributed by atoms with Crippen LogP contribution in [0.15, 0.2) is 0 Å². The molecule has 0 radical (unpaired) electrons. The van der Waals surface area contributed by atoms with E-state index in [1.54, 1.807) is 0 Å². The largest absolute Gasteiger partial charge is 0.198 e. The van der Waals surface area contributed by atoms with Crippen LogP contribution in [0.25, 0.3) is 0 Å². The molecular formula is C10H17N. The maximum atomic E-state index is 8.87. The average Bonchev–Trinajstić information content (AvgIpc) is 2.27. The highest BCUT2D eigenvalue weighted by molar-refractivity contribution is 4.88. The molecule has 0 bridgehead atoms. The Bertz CT molecular complexity index is 145. The zero-order chi connectivity index (χ0) is 8.10. The predicted molar refractivity (Wildman–Crippen MR) is 46.0 cm³/mol. The van der Waals surface area contributed by atoms with Crippen LogP contribution >= 0.6 is 0 Å². The van der Waals surface area contributed by atoms with E-state index in [9.17, 15) is 0 Å². The minimum absolute atomic E-state index is 0.363. The number of hydrogen-bond acceptors (Lipinski definition) is 1. The summed E-state index contributed by atoms with van der Waals surface area (Å²) in [6, 6.07) is 2.44. The zero-order valence-electron chi connectivity index (χ0n) is 7.34. The number of nitrogens with zero attached hydrogens (tertiary/aromatic N) is 1. The second-order valence-electron chi connectivity index (χ2n) is 3.54. The first-order valence-corrected chi connectivity index (χ1v) is 4.78. The molecule has 1 aliphatic carbocycles. The normalized spacial score (nSPS) is 32.4. The van der Waals surface area contributed by atoms with Crippen molar-refractivity contribution < 1.29 is 0 Å². The number of nitriles is 1. The van der Waals surface area contributed by atoms with E-state index in [0.717, 1.165) is 6.42 Å². The fraction of sp³-hybridized carbons (Fsp3) is 0.900. The first kappa shape index (κ1) is 8.59. The topological polar surface area (TPSA) is 23.8 Å². The van der Waals surface area contributed by atoms with Crippen molar-refractivity contribution in [2.24, 2.45) is 11.8 Å². The molecule has 0 N–H and O–H groups in total. The number of hydrogen-bond donors (Lipinski definition) is 0. The molecule has 1 nitrogen and oxygen atoms in total. The summed E-state index contributed by atoms with van der Waals surface area (Å²) >= 11 is 0. The highest BCUT2D eigenvalue weighted by atomic mass is 14.3. The first-order chi connectivity index (χ1) is 5.38. The Morgan fingerprint density at radius 3 is 2.64 bits per heavy atom. The second kappa shape index (κ2) is 4.38. The molecule has 0 heterocycles. The van der Waals surface area contributed by atoms with Crippen LogP contribution in [0.2, 0.25) is 0 Å². The number of rotatable bonds is 1. The van der Waals surface area contributed by atoms with Crippen molar-refractivity contribution in [1.82, 2.24) is 0 Å². The van der Waals surface area contributed by atoms with Gasteiger partial charge in [-0.3, -0.25) is 0 Å². The summed E-state index contributed by atoms with van der Waals surface area (Å²) in [5.74, 6) is 1.06. The van der Waals surface area contributed by atoms with Crippen LogP contribution in [0.4, 0.5) is 0 Å². The summed E-state index contributed by atoms with van der Waals surface area (Å²) in [6.45, 7) is 2.21. The second-order valence-corrected chi connectivity index (χ2v) is 3.54. The lowest BCUT2D eigenvalue weighted by Gasteiger charge is -2.16. The van der Waals surface area contributed by atoms with Gasteiger partial charge < -0.3 is 0 Å². The van der Waals surface area contributed by atoms with Crippen molar-refractivity contribution in [3.8, 4) is 6.07 Å². The van der Waals surface area contributed by atoms with Crippen LogP contribution < -0.4 is 0 Å². The quantitative estimate of drug-likeness (QED) is 0.528. The molecule has 0 aromatic carbocycles. The van der Waals surface area contributed by atoms with Crippen LogP contribution in [0.5, 0.6) is 0 Å². The summed E-state index contributed by atoms with van der Waals surface area (Å²) < 4.78 is 0. The molecule has 0 amide bonds. The van der Waals surface area contributed by atoms with E-state index in [4.69, 9.17) is 5.26 Å². The van der Waals surface area contributed by atoms with E-state index < -0.39 is 0 Å². The van der Waals surface area contributed by atoms with Crippen LogP contribution in [0.3, 0.4) is 0 Å². The summed E-state index contributed by atoms with van der Waals surface area (Å²) in [5, 5.41) is 8.87. The summed E-state index contributed by atoms with van der Waals surface area (Å²) in [6.07, 6.45) is 7.59. The monoisotopic (exact) mass is 151 g/mol. The Balaban J connectivity index is 2.49. The van der Waals surface area contributed by atoms with Gasteiger partial charge in [0.05, 0.1) is 6.07 Å². The van der Waals surface area contributed by atoms with Gasteiger partial charge >= 0.3 is 0 Å². The van der Waals surface area contributed by atoms with Crippen molar-refractivity contribution in [2.75, 3.05) is 0 Å². The van der Waals surface area contributed by atoms with Crippen LogP contribution in [-0.4, -0.2) is 0 Å². The van der Waals surface area contributed by atoms with Crippen molar-refractivity contribution in [3.05, 3.63) is 0 Å². The molecule has 1 heteroatoms. The molecule has 1 fully saturated rings. The Morgan fingerprint density at radius 1 is 1.27 bits per heavy atom. The molecular weight excluding hydrogens is 134 g/mol. The van der Waals surface area contributed by atoms with Gasteiger partial charge in [-0.05, 0) is 18.8 Å². The Labute approximate surface area is 69.4 Å².